The fraction of sp³-hybridized carbons (Fsp3) is 0.167. The van der Waals surface area contributed by atoms with Crippen LogP contribution in [0.15, 0.2) is 49.1 Å². The Bertz CT molecular complexity index is 153. The monoisotopic (exact) mass is 292 g/mol. The van der Waals surface area contributed by atoms with Crippen LogP contribution in [0.1, 0.15) is 13.8 Å². The Morgan fingerprint density at radius 1 is 0.600 bits per heavy atom. The van der Waals surface area contributed by atoms with Crippen molar-refractivity contribution in [3.05, 3.63) is 62.9 Å². The van der Waals surface area contributed by atoms with E-state index in [9.17, 15) is 0 Å². The van der Waals surface area contributed by atoms with Crippen LogP contribution in [0.5, 0.6) is 0 Å². The first kappa shape index (κ1) is 19.7. The number of nitrogens with zero attached hydrogens (tertiary/aromatic N) is 2. The van der Waals surface area contributed by atoms with E-state index in [1.807, 2.05) is 24.3 Å². The molecule has 0 N–H and O–H groups in total. The van der Waals surface area contributed by atoms with Crippen LogP contribution in [-0.4, -0.2) is 0 Å². The first-order chi connectivity index (χ1) is 7.00. The van der Waals surface area contributed by atoms with Crippen molar-refractivity contribution in [2.24, 2.45) is 0 Å². The maximum absolute atomic E-state index is 3.72. The predicted molar refractivity (Wildman–Crippen MR) is 61.6 cm³/mol. The minimum absolute atomic E-state index is 0. The number of hydrogen-bond donors (Lipinski definition) is 0. The van der Waals surface area contributed by atoms with Gasteiger partial charge in [0.2, 0.25) is 0 Å². The summed E-state index contributed by atoms with van der Waals surface area (Å²) in [5.74, 6) is 0. The molecule has 0 aliphatic rings. The van der Waals surface area contributed by atoms with E-state index in [1.54, 1.807) is 38.6 Å². The molecule has 2 aromatic rings. The standard InChI is InChI=1S/2C4H4N.2C2H5.Ru/c2*1-2-4-5-3-1;2*1-2;/h2*1-4H;2*1H2,2H3;/q4*-1;+4. The summed E-state index contributed by atoms with van der Waals surface area (Å²) in [5.41, 5.74) is 0. The molecule has 0 spiro atoms. The number of aromatic nitrogens is 2. The van der Waals surface area contributed by atoms with Crippen LogP contribution in [0.25, 0.3) is 0 Å². The van der Waals surface area contributed by atoms with Gasteiger partial charge < -0.3 is 23.8 Å². The summed E-state index contributed by atoms with van der Waals surface area (Å²) in [6.45, 7) is 10.0. The van der Waals surface area contributed by atoms with Crippen LogP contribution in [0, 0.1) is 13.8 Å². The summed E-state index contributed by atoms with van der Waals surface area (Å²) in [4.78, 5) is 7.44. The Kier molecular flexibility index (Phi) is 30.5. The van der Waals surface area contributed by atoms with Gasteiger partial charge in [-0.1, -0.05) is 24.3 Å². The van der Waals surface area contributed by atoms with Gasteiger partial charge in [-0.2, -0.15) is 38.6 Å². The van der Waals surface area contributed by atoms with E-state index in [0.29, 0.717) is 0 Å². The minimum Gasteiger partial charge on any atom is -0.670 e. The van der Waals surface area contributed by atoms with Gasteiger partial charge in [-0.15, -0.1) is 0 Å². The van der Waals surface area contributed by atoms with Gasteiger partial charge in [0.1, 0.15) is 0 Å². The summed E-state index contributed by atoms with van der Waals surface area (Å²) < 4.78 is 0. The molecular weight excluding hydrogens is 273 g/mol. The quantitative estimate of drug-likeness (QED) is 0.551. The fourth-order valence-electron chi connectivity index (χ4n) is 0.497. The van der Waals surface area contributed by atoms with Crippen molar-refractivity contribution >= 4 is 0 Å². The largest absolute Gasteiger partial charge is 4.00 e. The van der Waals surface area contributed by atoms with Crippen molar-refractivity contribution in [1.82, 2.24) is 9.97 Å². The smallest absolute Gasteiger partial charge is 0.670 e. The van der Waals surface area contributed by atoms with E-state index < -0.39 is 0 Å². The summed E-state index contributed by atoms with van der Waals surface area (Å²) in [6, 6.07) is 7.56. The maximum Gasteiger partial charge on any atom is 4.00 e. The average Bonchev–Trinajstić information content (AvgIpc) is 3.01. The summed E-state index contributed by atoms with van der Waals surface area (Å²) in [5, 5.41) is 0. The molecule has 0 amide bonds. The molecule has 0 bridgehead atoms. The van der Waals surface area contributed by atoms with Crippen molar-refractivity contribution in [2.45, 2.75) is 13.8 Å². The first-order valence-corrected chi connectivity index (χ1v) is 4.45. The molecule has 2 rings (SSSR count). The molecule has 0 fully saturated rings. The molecule has 0 atom stereocenters. The average molecular weight is 291 g/mol. The molecule has 84 valence electrons. The summed E-state index contributed by atoms with van der Waals surface area (Å²) in [6.07, 6.45) is 7.00. The predicted octanol–water partition coefficient (Wildman–Crippen LogP) is 2.97. The van der Waals surface area contributed by atoms with E-state index in [0.717, 1.165) is 0 Å². The van der Waals surface area contributed by atoms with Crippen molar-refractivity contribution in [3.63, 3.8) is 0 Å². The third kappa shape index (κ3) is 19.6. The van der Waals surface area contributed by atoms with Gasteiger partial charge in [0.25, 0.3) is 0 Å². The van der Waals surface area contributed by atoms with E-state index in [2.05, 4.69) is 23.8 Å². The molecule has 2 heterocycles. The van der Waals surface area contributed by atoms with Crippen LogP contribution < -0.4 is 9.97 Å². The van der Waals surface area contributed by atoms with E-state index >= 15 is 0 Å². The van der Waals surface area contributed by atoms with Crippen molar-refractivity contribution < 1.29 is 19.5 Å². The molecule has 0 unspecified atom stereocenters. The van der Waals surface area contributed by atoms with Gasteiger partial charge in [-0.3, -0.25) is 0 Å². The van der Waals surface area contributed by atoms with Crippen LogP contribution in [0.3, 0.4) is 0 Å². The topological polar surface area (TPSA) is 28.2 Å². The Balaban J connectivity index is -0.000000138. The van der Waals surface area contributed by atoms with Gasteiger partial charge in [0, 0.05) is 0 Å². The molecule has 2 nitrogen and oxygen atoms in total. The first-order valence-electron chi connectivity index (χ1n) is 4.45. The number of rotatable bonds is 0. The zero-order chi connectivity index (χ0) is 11.1. The number of hydrogen-bond acceptors (Lipinski definition) is 0. The van der Waals surface area contributed by atoms with Crippen LogP contribution in [0.2, 0.25) is 0 Å². The zero-order valence-corrected chi connectivity index (χ0v) is 11.0. The van der Waals surface area contributed by atoms with Crippen LogP contribution in [-0.2, 0) is 19.5 Å². The molecule has 0 aliphatic carbocycles. The van der Waals surface area contributed by atoms with E-state index in [-0.39, 0.29) is 19.5 Å². The van der Waals surface area contributed by atoms with Crippen LogP contribution in [0.4, 0.5) is 0 Å². The third-order valence-electron chi connectivity index (χ3n) is 0.911. The van der Waals surface area contributed by atoms with Crippen molar-refractivity contribution in [1.29, 1.82) is 0 Å². The molecule has 0 aliphatic heterocycles. The van der Waals surface area contributed by atoms with E-state index in [4.69, 9.17) is 0 Å². The fourth-order valence-corrected chi connectivity index (χ4v) is 0.497. The molecular formula is C12H18N2Ru. The SMILES string of the molecule is [CH2-]C.[CH2-]C.[Ru+4].c1cc[n-]c1.c1cc[n-]c1. The van der Waals surface area contributed by atoms with Crippen LogP contribution >= 0.6 is 0 Å². The van der Waals surface area contributed by atoms with E-state index in [1.165, 1.54) is 0 Å². The van der Waals surface area contributed by atoms with Crippen molar-refractivity contribution in [3.8, 4) is 0 Å². The molecule has 0 aromatic carbocycles. The van der Waals surface area contributed by atoms with Gasteiger partial charge in [0.15, 0.2) is 0 Å². The van der Waals surface area contributed by atoms with Gasteiger partial charge in [-0.25, -0.2) is 0 Å². The summed E-state index contributed by atoms with van der Waals surface area (Å²) >= 11 is 0. The van der Waals surface area contributed by atoms with Gasteiger partial charge >= 0.3 is 19.5 Å². The normalized spacial score (nSPS) is 6.13. The molecule has 0 saturated heterocycles. The Hall–Kier alpha value is -0.817. The second-order valence-electron chi connectivity index (χ2n) is 1.66. The van der Waals surface area contributed by atoms with Gasteiger partial charge in [-0.05, 0) is 0 Å². The molecule has 3 heteroatoms. The molecule has 15 heavy (non-hydrogen) atoms. The zero-order valence-electron chi connectivity index (χ0n) is 9.28. The molecule has 0 radical (unpaired) electrons. The Labute approximate surface area is 106 Å². The maximum atomic E-state index is 3.72. The Morgan fingerprint density at radius 3 is 0.867 bits per heavy atom. The van der Waals surface area contributed by atoms with Crippen molar-refractivity contribution in [2.75, 3.05) is 0 Å². The summed E-state index contributed by atoms with van der Waals surface area (Å²) in [7, 11) is 0. The third-order valence-corrected chi connectivity index (χ3v) is 0.911. The molecule has 2 aromatic heterocycles. The van der Waals surface area contributed by atoms with Gasteiger partial charge in [0.05, 0.1) is 0 Å². The second kappa shape index (κ2) is 23.2. The Morgan fingerprint density at radius 2 is 0.800 bits per heavy atom. The second-order valence-corrected chi connectivity index (χ2v) is 1.66. The molecule has 0 saturated carbocycles. The minimum atomic E-state index is 0.